The van der Waals surface area contributed by atoms with Crippen molar-refractivity contribution >= 4 is 5.91 Å². The van der Waals surface area contributed by atoms with Gasteiger partial charge in [-0.2, -0.15) is 0 Å². The van der Waals surface area contributed by atoms with E-state index in [1.807, 2.05) is 11.8 Å². The van der Waals surface area contributed by atoms with Gasteiger partial charge in [0.05, 0.1) is 11.0 Å². The molecule has 0 aromatic rings. The van der Waals surface area contributed by atoms with Gasteiger partial charge in [-0.25, -0.2) is 0 Å². The number of hydrogen-bond acceptors (Lipinski definition) is 3. The Labute approximate surface area is 116 Å². The second-order valence-electron chi connectivity index (χ2n) is 6.53. The second kappa shape index (κ2) is 5.80. The molecule has 0 saturated carbocycles. The maximum atomic E-state index is 12.9. The monoisotopic (exact) mass is 268 g/mol. The number of amides is 1. The number of carbonyl (C=O) groups is 1. The van der Waals surface area contributed by atoms with E-state index < -0.39 is 5.60 Å². The molecule has 0 bridgehead atoms. The van der Waals surface area contributed by atoms with Crippen LogP contribution in [0.2, 0.25) is 0 Å². The zero-order valence-electron chi connectivity index (χ0n) is 12.4. The van der Waals surface area contributed by atoms with Crippen molar-refractivity contribution in [2.24, 2.45) is 5.41 Å². The average Bonchev–Trinajstić information content (AvgIpc) is 2.59. The molecule has 2 aliphatic rings. The number of likely N-dealkylation sites (tertiary alicyclic amines) is 1. The molecule has 2 aliphatic heterocycles. The molecule has 110 valence electrons. The third kappa shape index (κ3) is 3.29. The van der Waals surface area contributed by atoms with Crippen molar-refractivity contribution in [1.29, 1.82) is 0 Å². The summed E-state index contributed by atoms with van der Waals surface area (Å²) < 4.78 is 0. The number of piperidine rings is 1. The van der Waals surface area contributed by atoms with Crippen LogP contribution < -0.4 is 5.32 Å². The molecule has 0 spiro atoms. The van der Waals surface area contributed by atoms with Crippen LogP contribution in [-0.2, 0) is 4.79 Å². The smallest absolute Gasteiger partial charge is 0.228 e. The Hall–Kier alpha value is -0.610. The zero-order chi connectivity index (χ0) is 13.9. The maximum Gasteiger partial charge on any atom is 0.228 e. The molecule has 2 rings (SSSR count). The SMILES string of the molecule is CCC1(C(=O)N2CCCC(C)(O)CC2)CCNCC1. The van der Waals surface area contributed by atoms with Crippen LogP contribution in [-0.4, -0.2) is 47.7 Å². The average molecular weight is 268 g/mol. The van der Waals surface area contributed by atoms with E-state index >= 15 is 0 Å². The molecule has 1 atom stereocenters. The van der Waals surface area contributed by atoms with E-state index in [9.17, 15) is 9.90 Å². The van der Waals surface area contributed by atoms with Gasteiger partial charge in [0, 0.05) is 13.1 Å². The third-order valence-electron chi connectivity index (χ3n) is 5.04. The minimum atomic E-state index is -0.595. The first-order valence-electron chi connectivity index (χ1n) is 7.72. The highest BCUT2D eigenvalue weighted by molar-refractivity contribution is 5.83. The summed E-state index contributed by atoms with van der Waals surface area (Å²) >= 11 is 0. The van der Waals surface area contributed by atoms with Gasteiger partial charge >= 0.3 is 0 Å². The fraction of sp³-hybridized carbons (Fsp3) is 0.933. The molecule has 0 radical (unpaired) electrons. The molecule has 2 fully saturated rings. The van der Waals surface area contributed by atoms with Crippen molar-refractivity contribution in [3.63, 3.8) is 0 Å². The molecule has 0 aromatic heterocycles. The molecule has 4 nitrogen and oxygen atoms in total. The van der Waals surface area contributed by atoms with Gasteiger partial charge in [-0.3, -0.25) is 4.79 Å². The largest absolute Gasteiger partial charge is 0.390 e. The Morgan fingerprint density at radius 3 is 2.53 bits per heavy atom. The summed E-state index contributed by atoms with van der Waals surface area (Å²) in [6, 6.07) is 0. The van der Waals surface area contributed by atoms with E-state index in [0.29, 0.717) is 18.9 Å². The summed E-state index contributed by atoms with van der Waals surface area (Å²) in [7, 11) is 0. The van der Waals surface area contributed by atoms with Gasteiger partial charge in [0.2, 0.25) is 5.91 Å². The highest BCUT2D eigenvalue weighted by Gasteiger charge is 2.41. The van der Waals surface area contributed by atoms with E-state index in [1.165, 1.54) is 0 Å². The van der Waals surface area contributed by atoms with Gasteiger partial charge in [-0.15, -0.1) is 0 Å². The summed E-state index contributed by atoms with van der Waals surface area (Å²) in [5.74, 6) is 0.328. The lowest BCUT2D eigenvalue weighted by molar-refractivity contribution is -0.144. The maximum absolute atomic E-state index is 12.9. The Kier molecular flexibility index (Phi) is 4.51. The number of nitrogens with zero attached hydrogens (tertiary/aromatic N) is 1. The third-order valence-corrected chi connectivity index (χ3v) is 5.04. The van der Waals surface area contributed by atoms with E-state index in [-0.39, 0.29) is 5.41 Å². The van der Waals surface area contributed by atoms with Crippen molar-refractivity contribution in [3.05, 3.63) is 0 Å². The Bertz CT molecular complexity index is 322. The topological polar surface area (TPSA) is 52.6 Å². The predicted molar refractivity (Wildman–Crippen MR) is 75.9 cm³/mol. The zero-order valence-corrected chi connectivity index (χ0v) is 12.4. The molecule has 2 heterocycles. The normalized spacial score (nSPS) is 31.8. The van der Waals surface area contributed by atoms with Crippen LogP contribution in [0.5, 0.6) is 0 Å². The summed E-state index contributed by atoms with van der Waals surface area (Å²) in [6.07, 6.45) is 5.26. The number of rotatable bonds is 2. The highest BCUT2D eigenvalue weighted by Crippen LogP contribution is 2.35. The van der Waals surface area contributed by atoms with Crippen LogP contribution in [0, 0.1) is 5.41 Å². The van der Waals surface area contributed by atoms with Crippen LogP contribution in [0.4, 0.5) is 0 Å². The van der Waals surface area contributed by atoms with Crippen molar-refractivity contribution < 1.29 is 9.90 Å². The summed E-state index contributed by atoms with van der Waals surface area (Å²) in [4.78, 5) is 14.9. The van der Waals surface area contributed by atoms with Crippen LogP contribution in [0.1, 0.15) is 52.4 Å². The van der Waals surface area contributed by atoms with E-state index in [0.717, 1.165) is 51.7 Å². The van der Waals surface area contributed by atoms with E-state index in [1.54, 1.807) is 0 Å². The Morgan fingerprint density at radius 2 is 1.89 bits per heavy atom. The van der Waals surface area contributed by atoms with Crippen molar-refractivity contribution in [2.45, 2.75) is 58.0 Å². The van der Waals surface area contributed by atoms with Crippen molar-refractivity contribution in [1.82, 2.24) is 10.2 Å². The fourth-order valence-corrected chi connectivity index (χ4v) is 3.43. The van der Waals surface area contributed by atoms with Crippen molar-refractivity contribution in [2.75, 3.05) is 26.2 Å². The lowest BCUT2D eigenvalue weighted by Crippen LogP contribution is -2.49. The van der Waals surface area contributed by atoms with Gasteiger partial charge in [0.25, 0.3) is 0 Å². The number of hydrogen-bond donors (Lipinski definition) is 2. The molecule has 2 saturated heterocycles. The van der Waals surface area contributed by atoms with Crippen LogP contribution in [0.15, 0.2) is 0 Å². The summed E-state index contributed by atoms with van der Waals surface area (Å²) in [5.41, 5.74) is -0.746. The first kappa shape index (κ1) is 14.8. The lowest BCUT2D eigenvalue weighted by Gasteiger charge is -2.39. The van der Waals surface area contributed by atoms with Crippen LogP contribution in [0.3, 0.4) is 0 Å². The molecule has 4 heteroatoms. The van der Waals surface area contributed by atoms with Gasteiger partial charge in [-0.1, -0.05) is 6.92 Å². The highest BCUT2D eigenvalue weighted by atomic mass is 16.3. The fourth-order valence-electron chi connectivity index (χ4n) is 3.43. The second-order valence-corrected chi connectivity index (χ2v) is 6.53. The molecule has 0 aromatic carbocycles. The lowest BCUT2D eigenvalue weighted by atomic mass is 9.75. The standard InChI is InChI=1S/C15H28N2O2/c1-3-15(6-9-16-10-7-15)13(18)17-11-4-5-14(2,19)8-12-17/h16,19H,3-12H2,1-2H3. The van der Waals surface area contributed by atoms with E-state index in [4.69, 9.17) is 0 Å². The molecule has 1 amide bonds. The molecular formula is C15H28N2O2. The summed E-state index contributed by atoms with van der Waals surface area (Å²) in [6.45, 7) is 7.44. The van der Waals surface area contributed by atoms with Gasteiger partial charge in [0.1, 0.15) is 0 Å². The van der Waals surface area contributed by atoms with Crippen molar-refractivity contribution in [3.8, 4) is 0 Å². The molecule has 0 aliphatic carbocycles. The number of nitrogens with one attached hydrogen (secondary N) is 1. The Balaban J connectivity index is 2.05. The first-order valence-corrected chi connectivity index (χ1v) is 7.72. The first-order chi connectivity index (χ1) is 8.99. The summed E-state index contributed by atoms with van der Waals surface area (Å²) in [5, 5.41) is 13.5. The van der Waals surface area contributed by atoms with Crippen LogP contribution >= 0.6 is 0 Å². The van der Waals surface area contributed by atoms with Crippen LogP contribution in [0.25, 0.3) is 0 Å². The number of aliphatic hydroxyl groups is 1. The molecular weight excluding hydrogens is 240 g/mol. The molecule has 19 heavy (non-hydrogen) atoms. The number of carbonyl (C=O) groups excluding carboxylic acids is 1. The predicted octanol–water partition coefficient (Wildman–Crippen LogP) is 1.53. The van der Waals surface area contributed by atoms with Gasteiger partial charge in [-0.05, 0) is 58.5 Å². The van der Waals surface area contributed by atoms with Gasteiger partial charge in [0.15, 0.2) is 0 Å². The minimum absolute atomic E-state index is 0.151. The molecule has 1 unspecified atom stereocenters. The van der Waals surface area contributed by atoms with E-state index in [2.05, 4.69) is 12.2 Å². The quantitative estimate of drug-likeness (QED) is 0.798. The van der Waals surface area contributed by atoms with Gasteiger partial charge < -0.3 is 15.3 Å². The Morgan fingerprint density at radius 1 is 1.21 bits per heavy atom. The minimum Gasteiger partial charge on any atom is -0.390 e. The molecule has 2 N–H and O–H groups in total.